The van der Waals surface area contributed by atoms with Crippen LogP contribution in [-0.4, -0.2) is 28.2 Å². The number of aryl methyl sites for hydroxylation is 3. The van der Waals surface area contributed by atoms with E-state index in [9.17, 15) is 4.79 Å². The van der Waals surface area contributed by atoms with Crippen molar-refractivity contribution in [2.24, 2.45) is 4.99 Å². The van der Waals surface area contributed by atoms with Crippen LogP contribution in [0, 0.1) is 13.8 Å². The van der Waals surface area contributed by atoms with Crippen LogP contribution in [-0.2, 0) is 11.3 Å². The summed E-state index contributed by atoms with van der Waals surface area (Å²) in [4.78, 5) is 19.0. The molecule has 6 heteroatoms. The van der Waals surface area contributed by atoms with Crippen molar-refractivity contribution in [1.29, 1.82) is 0 Å². The molecule has 0 aliphatic rings. The minimum Gasteiger partial charge on any atom is -0.316 e. The van der Waals surface area contributed by atoms with Gasteiger partial charge in [-0.05, 0) is 67.7 Å². The van der Waals surface area contributed by atoms with Gasteiger partial charge in [0.15, 0.2) is 4.80 Å². The molecule has 1 amide bonds. The van der Waals surface area contributed by atoms with Crippen molar-refractivity contribution in [2.75, 3.05) is 17.8 Å². The van der Waals surface area contributed by atoms with Crippen LogP contribution in [0.3, 0.4) is 0 Å². The highest BCUT2D eigenvalue weighted by molar-refractivity contribution is 7.99. The van der Waals surface area contributed by atoms with Crippen LogP contribution in [0.5, 0.6) is 0 Å². The van der Waals surface area contributed by atoms with Gasteiger partial charge in [-0.2, -0.15) is 16.8 Å². The smallest absolute Gasteiger partial charge is 0.248 e. The van der Waals surface area contributed by atoms with Gasteiger partial charge in [-0.15, -0.1) is 11.8 Å². The number of thioether (sulfide) groups is 2. The molecule has 0 fully saturated rings. The Balaban J connectivity index is 1.73. The molecule has 0 saturated carbocycles. The predicted octanol–water partition coefficient (Wildman–Crippen LogP) is 5.68. The van der Waals surface area contributed by atoms with Crippen LogP contribution < -0.4 is 4.80 Å². The van der Waals surface area contributed by atoms with E-state index in [2.05, 4.69) is 53.9 Å². The van der Waals surface area contributed by atoms with Gasteiger partial charge in [0.25, 0.3) is 0 Å². The number of nitrogens with zero attached hydrogens (tertiary/aromatic N) is 2. The Hall–Kier alpha value is -1.50. The quantitative estimate of drug-likeness (QED) is 0.340. The largest absolute Gasteiger partial charge is 0.316 e. The number of carbonyl (C=O) groups excluding carboxylic acids is 1. The Kier molecular flexibility index (Phi) is 7.82. The summed E-state index contributed by atoms with van der Waals surface area (Å²) in [7, 11) is 0. The SMILES string of the molecule is CSCCn1c(=NC(=O)CCCSc2ccccc2)sc2cc(C)c(C)cc21. The molecule has 0 atom stereocenters. The standard InChI is InChI=1S/C22H26N2OS3/c1-16-14-19-20(15-17(16)2)28-22(24(19)11-13-26-3)23-21(25)10-7-12-27-18-8-5-4-6-9-18/h4-6,8-9,14-15H,7,10-13H2,1-3H3. The van der Waals surface area contributed by atoms with E-state index >= 15 is 0 Å². The second-order valence-electron chi connectivity index (χ2n) is 6.70. The molecule has 0 aliphatic heterocycles. The summed E-state index contributed by atoms with van der Waals surface area (Å²) in [5.74, 6) is 1.92. The first kappa shape index (κ1) is 21.2. The lowest BCUT2D eigenvalue weighted by Gasteiger charge is -2.06. The summed E-state index contributed by atoms with van der Waals surface area (Å²) in [6, 6.07) is 14.8. The number of fused-ring (bicyclic) bond motifs is 1. The maximum absolute atomic E-state index is 12.5. The van der Waals surface area contributed by atoms with Crippen LogP contribution >= 0.6 is 34.9 Å². The lowest BCUT2D eigenvalue weighted by atomic mass is 10.1. The zero-order chi connectivity index (χ0) is 19.9. The molecule has 0 saturated heterocycles. The van der Waals surface area contributed by atoms with Crippen molar-refractivity contribution in [3.8, 4) is 0 Å². The van der Waals surface area contributed by atoms with Gasteiger partial charge >= 0.3 is 0 Å². The van der Waals surface area contributed by atoms with Gasteiger partial charge < -0.3 is 4.57 Å². The Morgan fingerprint density at radius 1 is 1.11 bits per heavy atom. The van der Waals surface area contributed by atoms with E-state index in [1.165, 1.54) is 26.2 Å². The molecule has 3 nitrogen and oxygen atoms in total. The number of hydrogen-bond acceptors (Lipinski definition) is 4. The van der Waals surface area contributed by atoms with Crippen LogP contribution in [0.25, 0.3) is 10.2 Å². The molecule has 0 N–H and O–H groups in total. The molecule has 0 radical (unpaired) electrons. The van der Waals surface area contributed by atoms with E-state index < -0.39 is 0 Å². The van der Waals surface area contributed by atoms with Gasteiger partial charge in [-0.3, -0.25) is 4.79 Å². The number of rotatable bonds is 8. The summed E-state index contributed by atoms with van der Waals surface area (Å²) >= 11 is 5.23. The zero-order valence-electron chi connectivity index (χ0n) is 16.6. The molecule has 1 aromatic heterocycles. The Labute approximate surface area is 179 Å². The summed E-state index contributed by atoms with van der Waals surface area (Å²) in [5.41, 5.74) is 3.74. The Morgan fingerprint density at radius 3 is 2.61 bits per heavy atom. The molecule has 0 aliphatic carbocycles. The normalized spacial score (nSPS) is 12.0. The molecule has 3 aromatic rings. The lowest BCUT2D eigenvalue weighted by molar-refractivity contribution is -0.118. The van der Waals surface area contributed by atoms with E-state index in [-0.39, 0.29) is 5.91 Å². The van der Waals surface area contributed by atoms with Crippen molar-refractivity contribution in [2.45, 2.75) is 38.1 Å². The molecular weight excluding hydrogens is 404 g/mol. The highest BCUT2D eigenvalue weighted by Gasteiger charge is 2.09. The van der Waals surface area contributed by atoms with Gasteiger partial charge in [0.05, 0.1) is 10.2 Å². The summed E-state index contributed by atoms with van der Waals surface area (Å²) in [6.45, 7) is 5.14. The average molecular weight is 431 g/mol. The first-order valence-corrected chi connectivity index (χ1v) is 12.6. The number of carbonyl (C=O) groups is 1. The van der Waals surface area contributed by atoms with Crippen molar-refractivity contribution in [1.82, 2.24) is 4.57 Å². The predicted molar refractivity (Wildman–Crippen MR) is 125 cm³/mol. The second-order valence-corrected chi connectivity index (χ2v) is 9.87. The molecule has 28 heavy (non-hydrogen) atoms. The molecular formula is C22H26N2OS3. The van der Waals surface area contributed by atoms with Crippen molar-refractivity contribution < 1.29 is 4.79 Å². The van der Waals surface area contributed by atoms with Gasteiger partial charge in [0, 0.05) is 23.6 Å². The van der Waals surface area contributed by atoms with E-state index in [4.69, 9.17) is 0 Å². The van der Waals surface area contributed by atoms with E-state index in [1.807, 2.05) is 30.0 Å². The van der Waals surface area contributed by atoms with E-state index in [0.29, 0.717) is 6.42 Å². The average Bonchev–Trinajstić information content (AvgIpc) is 3.00. The maximum atomic E-state index is 12.5. The number of benzene rings is 2. The molecule has 0 unspecified atom stereocenters. The summed E-state index contributed by atoms with van der Waals surface area (Å²) < 4.78 is 3.41. The zero-order valence-corrected chi connectivity index (χ0v) is 19.1. The fourth-order valence-corrected chi connectivity index (χ4v) is 5.29. The maximum Gasteiger partial charge on any atom is 0.248 e. The van der Waals surface area contributed by atoms with Crippen molar-refractivity contribution in [3.63, 3.8) is 0 Å². The summed E-state index contributed by atoms with van der Waals surface area (Å²) in [6.07, 6.45) is 3.45. The molecule has 0 bridgehead atoms. The molecule has 0 spiro atoms. The number of hydrogen-bond donors (Lipinski definition) is 0. The van der Waals surface area contributed by atoms with E-state index in [1.54, 1.807) is 23.1 Å². The van der Waals surface area contributed by atoms with Gasteiger partial charge in [-0.1, -0.05) is 29.5 Å². The fraction of sp³-hybridized carbons (Fsp3) is 0.364. The first-order valence-electron chi connectivity index (χ1n) is 9.43. The lowest BCUT2D eigenvalue weighted by Crippen LogP contribution is -2.18. The molecule has 3 rings (SSSR count). The fourth-order valence-electron chi connectivity index (χ4n) is 2.90. The number of thiazole rings is 1. The van der Waals surface area contributed by atoms with E-state index in [0.717, 1.165) is 29.3 Å². The van der Waals surface area contributed by atoms with Gasteiger partial charge in [-0.25, -0.2) is 0 Å². The first-order chi connectivity index (χ1) is 13.6. The Morgan fingerprint density at radius 2 is 1.86 bits per heavy atom. The highest BCUT2D eigenvalue weighted by atomic mass is 32.2. The summed E-state index contributed by atoms with van der Waals surface area (Å²) in [5, 5.41) is 0. The number of amides is 1. The monoisotopic (exact) mass is 430 g/mol. The molecule has 2 aromatic carbocycles. The van der Waals surface area contributed by atoms with Crippen LogP contribution in [0.2, 0.25) is 0 Å². The van der Waals surface area contributed by atoms with Gasteiger partial charge in [0.2, 0.25) is 5.91 Å². The third kappa shape index (κ3) is 5.52. The van der Waals surface area contributed by atoms with Crippen LogP contribution in [0.15, 0.2) is 52.4 Å². The van der Waals surface area contributed by atoms with Gasteiger partial charge in [0.1, 0.15) is 0 Å². The van der Waals surface area contributed by atoms with Crippen LogP contribution in [0.1, 0.15) is 24.0 Å². The molecule has 148 valence electrons. The highest BCUT2D eigenvalue weighted by Crippen LogP contribution is 2.22. The van der Waals surface area contributed by atoms with Crippen molar-refractivity contribution >= 4 is 51.0 Å². The third-order valence-electron chi connectivity index (χ3n) is 4.58. The van der Waals surface area contributed by atoms with Crippen LogP contribution in [0.4, 0.5) is 0 Å². The Bertz CT molecular complexity index is 1010. The van der Waals surface area contributed by atoms with Crippen molar-refractivity contribution in [3.05, 3.63) is 58.4 Å². The number of aromatic nitrogens is 1. The minimum absolute atomic E-state index is 0.0217. The topological polar surface area (TPSA) is 34.4 Å². The second kappa shape index (κ2) is 10.3. The minimum atomic E-state index is -0.0217. The third-order valence-corrected chi connectivity index (χ3v) is 7.31. The molecule has 1 heterocycles.